The summed E-state index contributed by atoms with van der Waals surface area (Å²) in [5, 5.41) is 0. The lowest BCUT2D eigenvalue weighted by molar-refractivity contribution is -0.151. The SMILES string of the molecule is CC(C)(C)N(Cc1ccccc1)C(=O)COC(=O)C1=CN2CCS(=O)(=O)N=C2C=C1. The first-order valence-corrected chi connectivity index (χ1v) is 11.2. The van der Waals surface area contributed by atoms with E-state index in [4.69, 9.17) is 4.74 Å². The van der Waals surface area contributed by atoms with E-state index in [9.17, 15) is 18.0 Å². The van der Waals surface area contributed by atoms with Crippen LogP contribution in [0.4, 0.5) is 0 Å². The average Bonchev–Trinajstić information content (AvgIpc) is 2.69. The predicted molar refractivity (Wildman–Crippen MR) is 113 cm³/mol. The van der Waals surface area contributed by atoms with Crippen LogP contribution < -0.4 is 0 Å². The molecule has 8 nitrogen and oxygen atoms in total. The quantitative estimate of drug-likeness (QED) is 0.660. The Kier molecular flexibility index (Phi) is 6.12. The molecular formula is C21H25N3O5S. The number of sulfonamides is 1. The molecule has 0 aliphatic carbocycles. The number of fused-ring (bicyclic) bond motifs is 1. The first kappa shape index (κ1) is 21.8. The minimum Gasteiger partial charge on any atom is -0.452 e. The molecule has 0 saturated carbocycles. The Labute approximate surface area is 176 Å². The van der Waals surface area contributed by atoms with Crippen LogP contribution in [0.5, 0.6) is 0 Å². The van der Waals surface area contributed by atoms with Crippen molar-refractivity contribution < 1.29 is 22.7 Å². The van der Waals surface area contributed by atoms with Gasteiger partial charge in [0.2, 0.25) is 0 Å². The highest BCUT2D eigenvalue weighted by atomic mass is 32.2. The molecule has 1 amide bonds. The van der Waals surface area contributed by atoms with Crippen LogP contribution in [-0.4, -0.2) is 60.4 Å². The third kappa shape index (κ3) is 5.35. The summed E-state index contributed by atoms with van der Waals surface area (Å²) in [4.78, 5) is 28.5. The third-order valence-corrected chi connectivity index (χ3v) is 5.84. The van der Waals surface area contributed by atoms with Gasteiger partial charge in [-0.2, -0.15) is 0 Å². The molecule has 2 aliphatic heterocycles. The minimum absolute atomic E-state index is 0.123. The maximum Gasteiger partial charge on any atom is 0.340 e. The summed E-state index contributed by atoms with van der Waals surface area (Å²) in [6, 6.07) is 9.60. The van der Waals surface area contributed by atoms with E-state index in [1.807, 2.05) is 51.1 Å². The highest BCUT2D eigenvalue weighted by Crippen LogP contribution is 2.19. The van der Waals surface area contributed by atoms with Gasteiger partial charge in [0.25, 0.3) is 15.9 Å². The van der Waals surface area contributed by atoms with E-state index in [2.05, 4.69) is 4.40 Å². The van der Waals surface area contributed by atoms with Gasteiger partial charge in [0, 0.05) is 24.8 Å². The van der Waals surface area contributed by atoms with Crippen LogP contribution in [0.2, 0.25) is 0 Å². The van der Waals surface area contributed by atoms with Gasteiger partial charge in [0.05, 0.1) is 11.3 Å². The summed E-state index contributed by atoms with van der Waals surface area (Å²) in [6.07, 6.45) is 4.38. The molecule has 3 rings (SSSR count). The summed E-state index contributed by atoms with van der Waals surface area (Å²) in [5.74, 6) is -0.815. The molecular weight excluding hydrogens is 406 g/mol. The van der Waals surface area contributed by atoms with Crippen molar-refractivity contribution in [3.05, 3.63) is 59.8 Å². The molecule has 160 valence electrons. The monoisotopic (exact) mass is 431 g/mol. The van der Waals surface area contributed by atoms with Gasteiger partial charge in [-0.1, -0.05) is 30.3 Å². The highest BCUT2D eigenvalue weighted by molar-refractivity contribution is 7.90. The molecule has 0 aromatic heterocycles. The molecule has 0 bridgehead atoms. The Balaban J connectivity index is 1.64. The molecule has 30 heavy (non-hydrogen) atoms. The molecule has 2 heterocycles. The number of amides is 1. The van der Waals surface area contributed by atoms with Gasteiger partial charge in [0.1, 0.15) is 5.84 Å². The molecule has 0 saturated heterocycles. The Morgan fingerprint density at radius 1 is 1.17 bits per heavy atom. The summed E-state index contributed by atoms with van der Waals surface area (Å²) in [6.45, 7) is 6.00. The van der Waals surface area contributed by atoms with Crippen LogP contribution in [0.25, 0.3) is 0 Å². The zero-order chi connectivity index (χ0) is 21.9. The molecule has 0 atom stereocenters. The number of hydrogen-bond acceptors (Lipinski definition) is 6. The van der Waals surface area contributed by atoms with Crippen LogP contribution >= 0.6 is 0 Å². The molecule has 1 aromatic rings. The van der Waals surface area contributed by atoms with Gasteiger partial charge in [-0.25, -0.2) is 13.2 Å². The topological polar surface area (TPSA) is 96.4 Å². The molecule has 0 N–H and O–H groups in total. The van der Waals surface area contributed by atoms with Gasteiger partial charge in [-0.05, 0) is 38.5 Å². The van der Waals surface area contributed by atoms with Gasteiger partial charge in [-0.15, -0.1) is 4.40 Å². The van der Waals surface area contributed by atoms with Crippen LogP contribution in [0, 0.1) is 0 Å². The lowest BCUT2D eigenvalue weighted by Crippen LogP contribution is -2.47. The number of nitrogens with zero attached hydrogens (tertiary/aromatic N) is 3. The van der Waals surface area contributed by atoms with E-state index in [1.165, 1.54) is 18.4 Å². The number of carbonyl (C=O) groups excluding carboxylic acids is 2. The van der Waals surface area contributed by atoms with E-state index in [0.717, 1.165) is 5.56 Å². The first-order valence-electron chi connectivity index (χ1n) is 9.56. The van der Waals surface area contributed by atoms with Crippen LogP contribution in [0.15, 0.2) is 58.7 Å². The molecule has 0 spiro atoms. The Morgan fingerprint density at radius 3 is 2.53 bits per heavy atom. The van der Waals surface area contributed by atoms with E-state index < -0.39 is 21.5 Å². The molecule has 9 heteroatoms. The van der Waals surface area contributed by atoms with Crippen LogP contribution in [0.3, 0.4) is 0 Å². The van der Waals surface area contributed by atoms with Gasteiger partial charge >= 0.3 is 5.97 Å². The fourth-order valence-electron chi connectivity index (χ4n) is 3.08. The van der Waals surface area contributed by atoms with E-state index in [0.29, 0.717) is 6.54 Å². The molecule has 2 aliphatic rings. The predicted octanol–water partition coefficient (Wildman–Crippen LogP) is 1.85. The van der Waals surface area contributed by atoms with Gasteiger partial charge in [0.15, 0.2) is 6.61 Å². The third-order valence-electron chi connectivity index (χ3n) is 4.68. The average molecular weight is 432 g/mol. The number of benzene rings is 1. The van der Waals surface area contributed by atoms with Crippen molar-refractivity contribution in [2.24, 2.45) is 4.40 Å². The lowest BCUT2D eigenvalue weighted by Gasteiger charge is -2.35. The fraction of sp³-hybridized carbons (Fsp3) is 0.381. The number of carbonyl (C=O) groups is 2. The molecule has 0 fully saturated rings. The zero-order valence-electron chi connectivity index (χ0n) is 17.2. The number of amidine groups is 1. The maximum absolute atomic E-state index is 12.8. The Bertz CT molecular complexity index is 1020. The summed E-state index contributed by atoms with van der Waals surface area (Å²) >= 11 is 0. The summed E-state index contributed by atoms with van der Waals surface area (Å²) in [5.41, 5.74) is 0.761. The second-order valence-corrected chi connectivity index (χ2v) is 9.81. The Hall–Kier alpha value is -2.94. The molecule has 0 unspecified atom stereocenters. The van der Waals surface area contributed by atoms with Gasteiger partial charge < -0.3 is 14.5 Å². The number of rotatable bonds is 5. The maximum atomic E-state index is 12.8. The first-order chi connectivity index (χ1) is 14.0. The summed E-state index contributed by atoms with van der Waals surface area (Å²) < 4.78 is 32.1. The van der Waals surface area contributed by atoms with Crippen LogP contribution in [0.1, 0.15) is 26.3 Å². The number of esters is 1. The number of ether oxygens (including phenoxy) is 1. The van der Waals surface area contributed by atoms with Crippen molar-refractivity contribution in [2.75, 3.05) is 18.9 Å². The standard InChI is InChI=1S/C21H25N3O5S/c1-21(2,3)24(13-16-7-5-4-6-8-16)19(25)15-29-20(26)17-9-10-18-22-30(27,28)12-11-23(18)14-17/h4-10,14H,11-13,15H2,1-3H3. The fourth-order valence-corrected chi connectivity index (χ4v) is 4.05. The van der Waals surface area contributed by atoms with Crippen molar-refractivity contribution in [2.45, 2.75) is 32.9 Å². The normalized spacial score (nSPS) is 17.5. The van der Waals surface area contributed by atoms with Crippen molar-refractivity contribution in [3.63, 3.8) is 0 Å². The van der Waals surface area contributed by atoms with Gasteiger partial charge in [-0.3, -0.25) is 4.79 Å². The second-order valence-electron chi connectivity index (χ2n) is 8.06. The van der Waals surface area contributed by atoms with Crippen LogP contribution in [-0.2, 0) is 30.9 Å². The smallest absolute Gasteiger partial charge is 0.340 e. The molecule has 0 radical (unpaired) electrons. The minimum atomic E-state index is -3.46. The second kappa shape index (κ2) is 8.43. The highest BCUT2D eigenvalue weighted by Gasteiger charge is 2.29. The van der Waals surface area contributed by atoms with Crippen molar-refractivity contribution in [1.29, 1.82) is 0 Å². The van der Waals surface area contributed by atoms with Crippen molar-refractivity contribution in [1.82, 2.24) is 9.80 Å². The molecule has 1 aromatic carbocycles. The number of hydrogen-bond donors (Lipinski definition) is 0. The largest absolute Gasteiger partial charge is 0.452 e. The van der Waals surface area contributed by atoms with E-state index in [1.54, 1.807) is 9.80 Å². The van der Waals surface area contributed by atoms with E-state index >= 15 is 0 Å². The van der Waals surface area contributed by atoms with Crippen molar-refractivity contribution in [3.8, 4) is 0 Å². The van der Waals surface area contributed by atoms with E-state index in [-0.39, 0.29) is 36.2 Å². The summed E-state index contributed by atoms with van der Waals surface area (Å²) in [7, 11) is -3.46. The Morgan fingerprint density at radius 2 is 1.87 bits per heavy atom. The zero-order valence-corrected chi connectivity index (χ0v) is 18.1. The lowest BCUT2D eigenvalue weighted by atomic mass is 10.0. The van der Waals surface area contributed by atoms with Crippen molar-refractivity contribution >= 4 is 27.7 Å².